The average molecular weight is 185 g/mol. The van der Waals surface area contributed by atoms with Crippen LogP contribution < -0.4 is 0 Å². The summed E-state index contributed by atoms with van der Waals surface area (Å²) in [6, 6.07) is 5.52. The summed E-state index contributed by atoms with van der Waals surface area (Å²) in [6.45, 7) is 2.09. The molecule has 0 radical (unpaired) electrons. The van der Waals surface area contributed by atoms with Crippen LogP contribution in [0.1, 0.15) is 24.5 Å². The highest BCUT2D eigenvalue weighted by molar-refractivity contribution is 6.17. The first kappa shape index (κ1) is 9.40. The molecule has 0 amide bonds. The van der Waals surface area contributed by atoms with E-state index in [1.165, 1.54) is 0 Å². The average Bonchev–Trinajstić information content (AvgIpc) is 2.09. The second-order valence-corrected chi connectivity index (χ2v) is 3.11. The number of rotatable bonds is 3. The fourth-order valence-electron chi connectivity index (χ4n) is 1.19. The lowest BCUT2D eigenvalue weighted by molar-refractivity contribution is 0.467. The van der Waals surface area contributed by atoms with Gasteiger partial charge in [-0.25, -0.2) is 0 Å². The van der Waals surface area contributed by atoms with Crippen LogP contribution in [0.5, 0.6) is 5.75 Å². The molecule has 0 bridgehead atoms. The van der Waals surface area contributed by atoms with E-state index in [9.17, 15) is 5.11 Å². The highest BCUT2D eigenvalue weighted by Crippen LogP contribution is 2.20. The SMILES string of the molecule is CCCc1cc(CCl)ccc1O. The Kier molecular flexibility index (Phi) is 3.42. The predicted molar refractivity (Wildman–Crippen MR) is 51.7 cm³/mol. The number of hydrogen-bond donors (Lipinski definition) is 1. The third kappa shape index (κ3) is 2.15. The lowest BCUT2D eigenvalue weighted by Gasteiger charge is -2.04. The van der Waals surface area contributed by atoms with Gasteiger partial charge in [0.15, 0.2) is 0 Å². The maximum atomic E-state index is 9.42. The van der Waals surface area contributed by atoms with Gasteiger partial charge in [0, 0.05) is 5.88 Å². The minimum Gasteiger partial charge on any atom is -0.508 e. The minimum absolute atomic E-state index is 0.380. The first-order valence-electron chi connectivity index (χ1n) is 4.14. The first-order valence-corrected chi connectivity index (χ1v) is 4.68. The predicted octanol–water partition coefficient (Wildman–Crippen LogP) is 3.08. The summed E-state index contributed by atoms with van der Waals surface area (Å²) in [5.41, 5.74) is 2.06. The van der Waals surface area contributed by atoms with E-state index in [2.05, 4.69) is 6.92 Å². The fourth-order valence-corrected chi connectivity index (χ4v) is 1.36. The molecule has 1 aromatic rings. The lowest BCUT2D eigenvalue weighted by atomic mass is 10.1. The Bertz CT molecular complexity index is 258. The molecular formula is C10H13ClO. The van der Waals surface area contributed by atoms with E-state index < -0.39 is 0 Å². The van der Waals surface area contributed by atoms with Crippen molar-refractivity contribution in [3.8, 4) is 5.75 Å². The van der Waals surface area contributed by atoms with Crippen molar-refractivity contribution in [1.29, 1.82) is 0 Å². The second-order valence-electron chi connectivity index (χ2n) is 2.85. The van der Waals surface area contributed by atoms with Crippen molar-refractivity contribution in [2.75, 3.05) is 0 Å². The molecule has 0 aliphatic carbocycles. The molecule has 0 unspecified atom stereocenters. The number of aryl methyl sites for hydroxylation is 1. The zero-order valence-electron chi connectivity index (χ0n) is 7.18. The Labute approximate surface area is 78.0 Å². The van der Waals surface area contributed by atoms with Crippen LogP contribution >= 0.6 is 11.6 Å². The summed E-state index contributed by atoms with van der Waals surface area (Å²) in [4.78, 5) is 0. The molecule has 0 spiro atoms. The van der Waals surface area contributed by atoms with Gasteiger partial charge >= 0.3 is 0 Å². The summed E-state index contributed by atoms with van der Waals surface area (Å²) in [6.07, 6.45) is 1.95. The largest absolute Gasteiger partial charge is 0.508 e. The Morgan fingerprint density at radius 3 is 2.75 bits per heavy atom. The lowest BCUT2D eigenvalue weighted by Crippen LogP contribution is -1.86. The number of benzene rings is 1. The van der Waals surface area contributed by atoms with Crippen molar-refractivity contribution in [2.45, 2.75) is 25.6 Å². The molecule has 1 rings (SSSR count). The summed E-state index contributed by atoms with van der Waals surface area (Å²) >= 11 is 5.67. The number of hydrogen-bond acceptors (Lipinski definition) is 1. The van der Waals surface area contributed by atoms with Gasteiger partial charge in [0.2, 0.25) is 0 Å². The van der Waals surface area contributed by atoms with Gasteiger partial charge in [0.1, 0.15) is 5.75 Å². The van der Waals surface area contributed by atoms with Crippen molar-refractivity contribution in [3.63, 3.8) is 0 Å². The molecule has 0 atom stereocenters. The van der Waals surface area contributed by atoms with Gasteiger partial charge in [-0.15, -0.1) is 11.6 Å². The van der Waals surface area contributed by atoms with E-state index in [4.69, 9.17) is 11.6 Å². The van der Waals surface area contributed by atoms with Gasteiger partial charge in [-0.2, -0.15) is 0 Å². The second kappa shape index (κ2) is 4.36. The number of phenols is 1. The Morgan fingerprint density at radius 2 is 2.17 bits per heavy atom. The van der Waals surface area contributed by atoms with E-state index >= 15 is 0 Å². The zero-order valence-corrected chi connectivity index (χ0v) is 7.93. The van der Waals surface area contributed by atoms with Crippen LogP contribution in [-0.2, 0) is 12.3 Å². The Hall–Kier alpha value is -0.690. The molecule has 2 heteroatoms. The van der Waals surface area contributed by atoms with Crippen LogP contribution in [0.3, 0.4) is 0 Å². The van der Waals surface area contributed by atoms with Crippen LogP contribution in [-0.4, -0.2) is 5.11 Å². The van der Waals surface area contributed by atoms with Crippen molar-refractivity contribution in [2.24, 2.45) is 0 Å². The molecule has 0 saturated heterocycles. The van der Waals surface area contributed by atoms with E-state index in [0.29, 0.717) is 11.6 Å². The molecule has 0 aliphatic rings. The third-order valence-corrected chi connectivity index (χ3v) is 2.13. The van der Waals surface area contributed by atoms with Gasteiger partial charge in [0.25, 0.3) is 0 Å². The summed E-state index contributed by atoms with van der Waals surface area (Å²) < 4.78 is 0. The minimum atomic E-state index is 0.380. The molecule has 1 aromatic carbocycles. The highest BCUT2D eigenvalue weighted by Gasteiger charge is 2.00. The third-order valence-electron chi connectivity index (χ3n) is 1.82. The van der Waals surface area contributed by atoms with Crippen LogP contribution in [0.25, 0.3) is 0 Å². The number of phenolic OH excluding ortho intramolecular Hbond substituents is 1. The van der Waals surface area contributed by atoms with Crippen LogP contribution in [0.2, 0.25) is 0 Å². The summed E-state index contributed by atoms with van der Waals surface area (Å²) in [5.74, 6) is 0.891. The van der Waals surface area contributed by atoms with Gasteiger partial charge in [0.05, 0.1) is 0 Å². The Balaban J connectivity index is 2.91. The van der Waals surface area contributed by atoms with Gasteiger partial charge in [-0.05, 0) is 23.6 Å². The smallest absolute Gasteiger partial charge is 0.118 e. The number of alkyl halides is 1. The molecule has 66 valence electrons. The maximum Gasteiger partial charge on any atom is 0.118 e. The topological polar surface area (TPSA) is 20.2 Å². The molecule has 1 N–H and O–H groups in total. The standard InChI is InChI=1S/C10H13ClO/c1-2-3-9-6-8(7-11)4-5-10(9)12/h4-6,12H,2-3,7H2,1H3. The fraction of sp³-hybridized carbons (Fsp3) is 0.400. The van der Waals surface area contributed by atoms with Gasteiger partial charge < -0.3 is 5.11 Å². The molecule has 0 fully saturated rings. The van der Waals surface area contributed by atoms with Crippen molar-refractivity contribution in [3.05, 3.63) is 29.3 Å². The molecule has 0 aliphatic heterocycles. The van der Waals surface area contributed by atoms with E-state index in [-0.39, 0.29) is 0 Å². The van der Waals surface area contributed by atoms with Crippen LogP contribution in [0.4, 0.5) is 0 Å². The monoisotopic (exact) mass is 184 g/mol. The van der Waals surface area contributed by atoms with E-state index in [1.54, 1.807) is 6.07 Å². The molecular weight excluding hydrogens is 172 g/mol. The van der Waals surface area contributed by atoms with Gasteiger partial charge in [-0.1, -0.05) is 25.5 Å². The first-order chi connectivity index (χ1) is 5.77. The van der Waals surface area contributed by atoms with Gasteiger partial charge in [-0.3, -0.25) is 0 Å². The normalized spacial score (nSPS) is 10.2. The molecule has 0 aromatic heterocycles. The Morgan fingerprint density at radius 1 is 1.42 bits per heavy atom. The van der Waals surface area contributed by atoms with Crippen LogP contribution in [0, 0.1) is 0 Å². The summed E-state index contributed by atoms with van der Waals surface area (Å²) in [7, 11) is 0. The molecule has 1 nitrogen and oxygen atoms in total. The quantitative estimate of drug-likeness (QED) is 0.716. The molecule has 0 heterocycles. The van der Waals surface area contributed by atoms with E-state index in [0.717, 1.165) is 24.0 Å². The number of halogens is 1. The van der Waals surface area contributed by atoms with Crippen molar-refractivity contribution < 1.29 is 5.11 Å². The number of aromatic hydroxyl groups is 1. The summed E-state index contributed by atoms with van der Waals surface area (Å²) in [5, 5.41) is 9.42. The maximum absolute atomic E-state index is 9.42. The van der Waals surface area contributed by atoms with Crippen molar-refractivity contribution in [1.82, 2.24) is 0 Å². The highest BCUT2D eigenvalue weighted by atomic mass is 35.5. The zero-order chi connectivity index (χ0) is 8.97. The van der Waals surface area contributed by atoms with E-state index in [1.807, 2.05) is 12.1 Å². The molecule has 0 saturated carbocycles. The van der Waals surface area contributed by atoms with Crippen LogP contribution in [0.15, 0.2) is 18.2 Å². The van der Waals surface area contributed by atoms with Crippen molar-refractivity contribution >= 4 is 11.6 Å². The molecule has 12 heavy (non-hydrogen) atoms.